The average molecular weight is 485 g/mol. The van der Waals surface area contributed by atoms with E-state index in [1.807, 2.05) is 47.2 Å². The molecule has 156 valence electrons. The molecule has 1 amide bonds. The van der Waals surface area contributed by atoms with Crippen LogP contribution in [-0.2, 0) is 17.8 Å². The highest BCUT2D eigenvalue weighted by Gasteiger charge is 2.15. The number of nitrogens with zero attached hydrogens (tertiary/aromatic N) is 3. The van der Waals surface area contributed by atoms with Crippen LogP contribution >= 0.6 is 45.8 Å². The standard InChI is InChI=1S/C21H16N4O2S4/c26-17(24-20-22-14-5-1-2-6-16(14)31-20)12-30-21-23-15-8-11-29-18(15)19(27)25(21)9-7-13-4-3-10-28-13/h1-6,8,10-11H,7,9,12H2,(H,22,24,26). The van der Waals surface area contributed by atoms with Crippen LogP contribution in [0.3, 0.4) is 0 Å². The normalized spacial score (nSPS) is 11.4. The van der Waals surface area contributed by atoms with E-state index >= 15 is 0 Å². The molecule has 0 radical (unpaired) electrons. The van der Waals surface area contributed by atoms with Crippen LogP contribution in [0.4, 0.5) is 5.13 Å². The maximum atomic E-state index is 13.0. The number of thiazole rings is 1. The van der Waals surface area contributed by atoms with Crippen molar-refractivity contribution in [2.24, 2.45) is 0 Å². The van der Waals surface area contributed by atoms with Gasteiger partial charge in [-0.3, -0.25) is 14.2 Å². The zero-order chi connectivity index (χ0) is 21.2. The molecule has 0 aliphatic heterocycles. The average Bonchev–Trinajstić information content (AvgIpc) is 3.51. The van der Waals surface area contributed by atoms with Crippen LogP contribution in [0, 0.1) is 0 Å². The van der Waals surface area contributed by atoms with Gasteiger partial charge >= 0.3 is 0 Å². The molecule has 0 bridgehead atoms. The van der Waals surface area contributed by atoms with Gasteiger partial charge < -0.3 is 5.32 Å². The number of benzene rings is 1. The second kappa shape index (κ2) is 8.91. The molecule has 0 spiro atoms. The lowest BCUT2D eigenvalue weighted by Gasteiger charge is -2.11. The van der Waals surface area contributed by atoms with E-state index in [2.05, 4.69) is 21.4 Å². The molecule has 5 rings (SSSR count). The number of amides is 1. The SMILES string of the molecule is O=C(CSc1nc2ccsc2c(=O)n1CCc1cccs1)Nc1nc2ccccc2s1. The van der Waals surface area contributed by atoms with E-state index in [1.54, 1.807) is 15.9 Å². The summed E-state index contributed by atoms with van der Waals surface area (Å²) in [7, 11) is 0. The number of carbonyl (C=O) groups is 1. The number of hydrogen-bond donors (Lipinski definition) is 1. The summed E-state index contributed by atoms with van der Waals surface area (Å²) in [6.07, 6.45) is 0.752. The van der Waals surface area contributed by atoms with Gasteiger partial charge in [-0.1, -0.05) is 41.3 Å². The first-order chi connectivity index (χ1) is 15.2. The fourth-order valence-electron chi connectivity index (χ4n) is 3.12. The molecule has 0 fully saturated rings. The number of para-hydroxylation sites is 1. The lowest BCUT2D eigenvalue weighted by molar-refractivity contribution is -0.113. The van der Waals surface area contributed by atoms with Crippen LogP contribution < -0.4 is 10.9 Å². The first-order valence-electron chi connectivity index (χ1n) is 9.46. The summed E-state index contributed by atoms with van der Waals surface area (Å²) in [4.78, 5) is 35.9. The van der Waals surface area contributed by atoms with Gasteiger partial charge in [0.15, 0.2) is 10.3 Å². The molecule has 1 N–H and O–H groups in total. The van der Waals surface area contributed by atoms with Gasteiger partial charge in [-0.25, -0.2) is 9.97 Å². The Balaban J connectivity index is 1.34. The molecule has 0 saturated carbocycles. The molecule has 0 aliphatic rings. The van der Waals surface area contributed by atoms with Gasteiger partial charge in [0, 0.05) is 11.4 Å². The minimum atomic E-state index is -0.173. The molecule has 6 nitrogen and oxygen atoms in total. The third kappa shape index (κ3) is 4.42. The number of fused-ring (bicyclic) bond motifs is 2. The molecule has 10 heteroatoms. The molecule has 4 heterocycles. The quantitative estimate of drug-likeness (QED) is 0.257. The Labute approximate surface area is 193 Å². The van der Waals surface area contributed by atoms with Gasteiger partial charge in [-0.2, -0.15) is 0 Å². The third-order valence-electron chi connectivity index (χ3n) is 4.57. The molecule has 0 saturated heterocycles. The van der Waals surface area contributed by atoms with Crippen molar-refractivity contribution < 1.29 is 4.79 Å². The molecule has 0 atom stereocenters. The second-order valence-corrected chi connectivity index (χ2v) is 10.6. The summed E-state index contributed by atoms with van der Waals surface area (Å²) in [5.41, 5.74) is 1.49. The number of thiophene rings is 2. The highest BCUT2D eigenvalue weighted by molar-refractivity contribution is 7.99. The van der Waals surface area contributed by atoms with Crippen molar-refractivity contribution in [3.63, 3.8) is 0 Å². The van der Waals surface area contributed by atoms with Crippen LogP contribution in [0.2, 0.25) is 0 Å². The van der Waals surface area contributed by atoms with Crippen molar-refractivity contribution in [3.05, 3.63) is 68.5 Å². The lowest BCUT2D eigenvalue weighted by Crippen LogP contribution is -2.24. The predicted octanol–water partition coefficient (Wildman–Crippen LogP) is 5.10. The molecular formula is C21H16N4O2S4. The Kier molecular flexibility index (Phi) is 5.86. The Morgan fingerprint density at radius 2 is 1.94 bits per heavy atom. The summed E-state index contributed by atoms with van der Waals surface area (Å²) in [6, 6.07) is 13.7. The van der Waals surface area contributed by atoms with Gasteiger partial charge in [-0.05, 0) is 41.4 Å². The summed E-state index contributed by atoms with van der Waals surface area (Å²) in [6.45, 7) is 0.530. The lowest BCUT2D eigenvalue weighted by atomic mass is 10.3. The van der Waals surface area contributed by atoms with Crippen molar-refractivity contribution in [3.8, 4) is 0 Å². The highest BCUT2D eigenvalue weighted by atomic mass is 32.2. The molecule has 0 aliphatic carbocycles. The summed E-state index contributed by atoms with van der Waals surface area (Å²) in [5, 5.41) is 7.89. The fourth-order valence-corrected chi connectivity index (χ4v) is 6.30. The van der Waals surface area contributed by atoms with E-state index in [0.717, 1.165) is 16.6 Å². The van der Waals surface area contributed by atoms with Gasteiger partial charge in [0.25, 0.3) is 5.56 Å². The van der Waals surface area contributed by atoms with E-state index in [4.69, 9.17) is 0 Å². The zero-order valence-electron chi connectivity index (χ0n) is 16.1. The van der Waals surface area contributed by atoms with Crippen molar-refractivity contribution in [1.29, 1.82) is 0 Å². The van der Waals surface area contributed by atoms with Crippen molar-refractivity contribution in [2.75, 3.05) is 11.1 Å². The molecule has 4 aromatic heterocycles. The molecule has 31 heavy (non-hydrogen) atoms. The van der Waals surface area contributed by atoms with Crippen molar-refractivity contribution in [2.45, 2.75) is 18.1 Å². The second-order valence-electron chi connectivity index (χ2n) is 6.64. The third-order valence-corrected chi connectivity index (χ3v) is 8.32. The number of carbonyl (C=O) groups excluding carboxylic acids is 1. The molecule has 1 aromatic carbocycles. The van der Waals surface area contributed by atoms with E-state index in [-0.39, 0.29) is 17.2 Å². The zero-order valence-corrected chi connectivity index (χ0v) is 19.4. The van der Waals surface area contributed by atoms with Crippen LogP contribution in [0.25, 0.3) is 20.4 Å². The van der Waals surface area contributed by atoms with Gasteiger partial charge in [0.2, 0.25) is 5.91 Å². The Hall–Kier alpha value is -2.53. The van der Waals surface area contributed by atoms with Gasteiger partial charge in [-0.15, -0.1) is 22.7 Å². The van der Waals surface area contributed by atoms with Crippen molar-refractivity contribution >= 4 is 77.2 Å². The summed E-state index contributed by atoms with van der Waals surface area (Å²) < 4.78 is 3.36. The molecule has 5 aromatic rings. The van der Waals surface area contributed by atoms with E-state index in [0.29, 0.717) is 27.0 Å². The molecular weight excluding hydrogens is 469 g/mol. The first-order valence-corrected chi connectivity index (χ1v) is 13.0. The van der Waals surface area contributed by atoms with Gasteiger partial charge in [0.05, 0.1) is 21.5 Å². The van der Waals surface area contributed by atoms with E-state index in [1.165, 1.54) is 39.3 Å². The highest BCUT2D eigenvalue weighted by Crippen LogP contribution is 2.26. The summed E-state index contributed by atoms with van der Waals surface area (Å²) in [5.74, 6) is -0.0228. The molecule has 0 unspecified atom stereocenters. The number of anilines is 1. The predicted molar refractivity (Wildman–Crippen MR) is 131 cm³/mol. The Bertz CT molecular complexity index is 1390. The Morgan fingerprint density at radius 1 is 1.03 bits per heavy atom. The maximum Gasteiger partial charge on any atom is 0.272 e. The minimum absolute atomic E-state index is 0.0503. The smallest absolute Gasteiger partial charge is 0.272 e. The largest absolute Gasteiger partial charge is 0.301 e. The first kappa shape index (κ1) is 20.4. The fraction of sp³-hybridized carbons (Fsp3) is 0.143. The number of hydrogen-bond acceptors (Lipinski definition) is 8. The monoisotopic (exact) mass is 484 g/mol. The summed E-state index contributed by atoms with van der Waals surface area (Å²) >= 11 is 5.79. The van der Waals surface area contributed by atoms with E-state index < -0.39 is 0 Å². The number of aryl methyl sites for hydroxylation is 1. The number of thioether (sulfide) groups is 1. The van der Waals surface area contributed by atoms with Crippen LogP contribution in [-0.4, -0.2) is 26.2 Å². The van der Waals surface area contributed by atoms with Crippen LogP contribution in [0.15, 0.2) is 63.2 Å². The van der Waals surface area contributed by atoms with E-state index in [9.17, 15) is 9.59 Å². The topological polar surface area (TPSA) is 76.9 Å². The minimum Gasteiger partial charge on any atom is -0.301 e. The maximum absolute atomic E-state index is 13.0. The van der Waals surface area contributed by atoms with Gasteiger partial charge in [0.1, 0.15) is 4.70 Å². The number of nitrogens with one attached hydrogen (secondary N) is 1. The Morgan fingerprint density at radius 3 is 2.77 bits per heavy atom. The van der Waals surface area contributed by atoms with Crippen LogP contribution in [0.1, 0.15) is 4.88 Å². The number of rotatable bonds is 7. The van der Waals surface area contributed by atoms with Crippen molar-refractivity contribution in [1.82, 2.24) is 14.5 Å². The number of aromatic nitrogens is 3. The van der Waals surface area contributed by atoms with Crippen LogP contribution in [0.5, 0.6) is 0 Å².